The first-order valence-corrected chi connectivity index (χ1v) is 7.05. The summed E-state index contributed by atoms with van der Waals surface area (Å²) in [5.74, 6) is 0.0517. The van der Waals surface area contributed by atoms with Crippen LogP contribution in [0.1, 0.15) is 26.3 Å². The average Bonchev–Trinajstić information content (AvgIpc) is 2.88. The zero-order valence-electron chi connectivity index (χ0n) is 13.2. The van der Waals surface area contributed by atoms with Gasteiger partial charge in [0.1, 0.15) is 11.6 Å². The number of ether oxygens (including phenoxy) is 3. The number of rotatable bonds is 4. The molecule has 0 aromatic heterocycles. The van der Waals surface area contributed by atoms with E-state index in [1.165, 1.54) is 6.08 Å². The summed E-state index contributed by atoms with van der Waals surface area (Å²) in [6.07, 6.45) is 2.15. The van der Waals surface area contributed by atoms with Crippen LogP contribution in [0.15, 0.2) is 24.3 Å². The van der Waals surface area contributed by atoms with Crippen molar-refractivity contribution in [3.05, 3.63) is 29.8 Å². The standard InChI is InChI=1S/C16H19NO6/c1-16(2,3)23-15(20)17-11(14(18)19)6-4-10-5-7-12-13(8-10)22-9-21-12/h4-8,11H,9H2,1-3H3,(H,17,20)(H,18,19)/b6-4+/t11-/m0/s1. The van der Waals surface area contributed by atoms with Gasteiger partial charge in [0.05, 0.1) is 0 Å². The molecule has 0 bridgehead atoms. The van der Waals surface area contributed by atoms with Gasteiger partial charge in [-0.2, -0.15) is 0 Å². The monoisotopic (exact) mass is 321 g/mol. The predicted molar refractivity (Wildman–Crippen MR) is 82.4 cm³/mol. The van der Waals surface area contributed by atoms with Crippen molar-refractivity contribution in [3.8, 4) is 11.5 Å². The lowest BCUT2D eigenvalue weighted by atomic mass is 10.1. The molecule has 23 heavy (non-hydrogen) atoms. The lowest BCUT2D eigenvalue weighted by molar-refractivity contribution is -0.138. The van der Waals surface area contributed by atoms with Crippen LogP contribution in [0, 0.1) is 0 Å². The third kappa shape index (κ3) is 4.91. The molecule has 7 heteroatoms. The second-order valence-electron chi connectivity index (χ2n) is 5.93. The van der Waals surface area contributed by atoms with E-state index in [-0.39, 0.29) is 6.79 Å². The number of aliphatic carboxylic acids is 1. The molecule has 1 aromatic carbocycles. The normalized spacial score (nSPS) is 14.6. The number of carbonyl (C=O) groups is 2. The van der Waals surface area contributed by atoms with Crippen molar-refractivity contribution in [2.24, 2.45) is 0 Å². The lowest BCUT2D eigenvalue weighted by Gasteiger charge is -2.21. The molecular formula is C16H19NO6. The van der Waals surface area contributed by atoms with Crippen molar-refractivity contribution in [2.45, 2.75) is 32.4 Å². The van der Waals surface area contributed by atoms with Crippen molar-refractivity contribution >= 4 is 18.1 Å². The number of benzene rings is 1. The topological polar surface area (TPSA) is 94.1 Å². The SMILES string of the molecule is CC(C)(C)OC(=O)N[C@@H](/C=C/c1ccc2c(c1)OCO2)C(=O)O. The summed E-state index contributed by atoms with van der Waals surface area (Å²) in [5.41, 5.74) is 0.0280. The molecule has 1 atom stereocenters. The van der Waals surface area contributed by atoms with Crippen molar-refractivity contribution < 1.29 is 28.9 Å². The Hall–Kier alpha value is -2.70. The second kappa shape index (κ2) is 6.60. The van der Waals surface area contributed by atoms with Crippen LogP contribution in [0.5, 0.6) is 11.5 Å². The zero-order chi connectivity index (χ0) is 17.0. The van der Waals surface area contributed by atoms with E-state index in [2.05, 4.69) is 5.32 Å². The molecule has 2 N–H and O–H groups in total. The van der Waals surface area contributed by atoms with Gasteiger partial charge in [-0.1, -0.05) is 18.2 Å². The van der Waals surface area contributed by atoms with E-state index in [1.807, 2.05) is 0 Å². The first-order valence-electron chi connectivity index (χ1n) is 7.05. The summed E-state index contributed by atoms with van der Waals surface area (Å²) < 4.78 is 15.5. The molecule has 2 rings (SSSR count). The zero-order valence-corrected chi connectivity index (χ0v) is 13.2. The smallest absolute Gasteiger partial charge is 0.408 e. The fourth-order valence-corrected chi connectivity index (χ4v) is 1.85. The van der Waals surface area contributed by atoms with Crippen LogP contribution in [-0.4, -0.2) is 35.6 Å². The van der Waals surface area contributed by atoms with E-state index >= 15 is 0 Å². The molecule has 0 spiro atoms. The molecular weight excluding hydrogens is 302 g/mol. The molecule has 124 valence electrons. The van der Waals surface area contributed by atoms with Gasteiger partial charge >= 0.3 is 12.1 Å². The van der Waals surface area contributed by atoms with E-state index in [9.17, 15) is 14.7 Å². The summed E-state index contributed by atoms with van der Waals surface area (Å²) in [7, 11) is 0. The van der Waals surface area contributed by atoms with Gasteiger partial charge in [0.15, 0.2) is 11.5 Å². The van der Waals surface area contributed by atoms with E-state index in [4.69, 9.17) is 14.2 Å². The first-order chi connectivity index (χ1) is 10.7. The van der Waals surface area contributed by atoms with E-state index in [0.29, 0.717) is 11.5 Å². The lowest BCUT2D eigenvalue weighted by Crippen LogP contribution is -2.42. The Bertz CT molecular complexity index is 632. The molecule has 0 unspecified atom stereocenters. The van der Waals surface area contributed by atoms with Crippen LogP contribution >= 0.6 is 0 Å². The average molecular weight is 321 g/mol. The van der Waals surface area contributed by atoms with Crippen molar-refractivity contribution in [3.63, 3.8) is 0 Å². The highest BCUT2D eigenvalue weighted by atomic mass is 16.7. The fourth-order valence-electron chi connectivity index (χ4n) is 1.85. The molecule has 0 fully saturated rings. The molecule has 0 radical (unpaired) electrons. The molecule has 1 aliphatic heterocycles. The number of amides is 1. The van der Waals surface area contributed by atoms with Crippen LogP contribution in [0.3, 0.4) is 0 Å². The number of carboxylic acid groups (broad SMARTS) is 1. The maximum atomic E-state index is 11.7. The minimum Gasteiger partial charge on any atom is -0.479 e. The van der Waals surface area contributed by atoms with Gasteiger partial charge in [-0.25, -0.2) is 9.59 Å². The second-order valence-corrected chi connectivity index (χ2v) is 5.93. The predicted octanol–water partition coefficient (Wildman–Crippen LogP) is 2.41. The van der Waals surface area contributed by atoms with Crippen molar-refractivity contribution in [1.29, 1.82) is 0 Å². The van der Waals surface area contributed by atoms with Gasteiger partial charge in [0, 0.05) is 0 Å². The summed E-state index contributed by atoms with van der Waals surface area (Å²) in [4.78, 5) is 22.9. The molecule has 1 aliphatic rings. The van der Waals surface area contributed by atoms with E-state index in [0.717, 1.165) is 5.56 Å². The number of hydrogen-bond acceptors (Lipinski definition) is 5. The van der Waals surface area contributed by atoms with Gasteiger partial charge in [0.25, 0.3) is 0 Å². The summed E-state index contributed by atoms with van der Waals surface area (Å²) in [6, 6.07) is 4.02. The maximum absolute atomic E-state index is 11.7. The number of carbonyl (C=O) groups excluding carboxylic acids is 1. The number of fused-ring (bicyclic) bond motifs is 1. The molecule has 1 aromatic rings. The number of nitrogens with one attached hydrogen (secondary N) is 1. The van der Waals surface area contributed by atoms with Gasteiger partial charge < -0.3 is 24.6 Å². The first kappa shape index (κ1) is 16.7. The van der Waals surface area contributed by atoms with E-state index < -0.39 is 23.7 Å². The van der Waals surface area contributed by atoms with Crippen LogP contribution < -0.4 is 14.8 Å². The maximum Gasteiger partial charge on any atom is 0.408 e. The summed E-state index contributed by atoms with van der Waals surface area (Å²) in [5, 5.41) is 11.5. The molecule has 0 aliphatic carbocycles. The molecule has 1 heterocycles. The Morgan fingerprint density at radius 3 is 2.65 bits per heavy atom. The largest absolute Gasteiger partial charge is 0.479 e. The Kier molecular flexibility index (Phi) is 4.78. The minimum absolute atomic E-state index is 0.167. The van der Waals surface area contributed by atoms with E-state index in [1.54, 1.807) is 45.0 Å². The van der Waals surface area contributed by atoms with Crippen LogP contribution in [-0.2, 0) is 9.53 Å². The van der Waals surface area contributed by atoms with Crippen molar-refractivity contribution in [2.75, 3.05) is 6.79 Å². The van der Waals surface area contributed by atoms with Gasteiger partial charge in [-0.05, 0) is 38.5 Å². The minimum atomic E-state index is -1.20. The van der Waals surface area contributed by atoms with Gasteiger partial charge in [-0.3, -0.25) is 0 Å². The van der Waals surface area contributed by atoms with Gasteiger partial charge in [0.2, 0.25) is 6.79 Å². The Balaban J connectivity index is 2.04. The summed E-state index contributed by atoms with van der Waals surface area (Å²) in [6.45, 7) is 5.26. The summed E-state index contributed by atoms with van der Waals surface area (Å²) >= 11 is 0. The highest BCUT2D eigenvalue weighted by Crippen LogP contribution is 2.32. The van der Waals surface area contributed by atoms with Gasteiger partial charge in [-0.15, -0.1) is 0 Å². The highest BCUT2D eigenvalue weighted by molar-refractivity contribution is 5.83. The number of carboxylic acids is 1. The molecule has 0 saturated heterocycles. The Morgan fingerprint density at radius 2 is 2.00 bits per heavy atom. The highest BCUT2D eigenvalue weighted by Gasteiger charge is 2.22. The van der Waals surface area contributed by atoms with Crippen molar-refractivity contribution in [1.82, 2.24) is 5.32 Å². The molecule has 7 nitrogen and oxygen atoms in total. The third-order valence-electron chi connectivity index (χ3n) is 2.82. The fraction of sp³-hybridized carbons (Fsp3) is 0.375. The Labute approximate surface area is 133 Å². The quantitative estimate of drug-likeness (QED) is 0.884. The molecule has 0 saturated carbocycles. The number of hydrogen-bond donors (Lipinski definition) is 2. The van der Waals surface area contributed by atoms with Crippen LogP contribution in [0.4, 0.5) is 4.79 Å². The number of alkyl carbamates (subject to hydrolysis) is 1. The van der Waals surface area contributed by atoms with Crippen LogP contribution in [0.25, 0.3) is 6.08 Å². The van der Waals surface area contributed by atoms with Crippen LogP contribution in [0.2, 0.25) is 0 Å². The Morgan fingerprint density at radius 1 is 1.30 bits per heavy atom. The molecule has 1 amide bonds. The third-order valence-corrected chi connectivity index (χ3v) is 2.82.